The molecule has 0 aromatic rings. The highest BCUT2D eigenvalue weighted by molar-refractivity contribution is 5.81. The molecule has 0 amide bonds. The van der Waals surface area contributed by atoms with Crippen LogP contribution in [-0.4, -0.2) is 30.3 Å². The molecule has 14 heavy (non-hydrogen) atoms. The topological polar surface area (TPSA) is 20.3 Å². The molecule has 0 aromatic heterocycles. The average Bonchev–Trinajstić information content (AvgIpc) is 2.44. The predicted molar refractivity (Wildman–Crippen MR) is 57.2 cm³/mol. The lowest BCUT2D eigenvalue weighted by Gasteiger charge is -2.47. The molecule has 2 nitrogen and oxygen atoms in total. The van der Waals surface area contributed by atoms with Gasteiger partial charge in [-0.15, -0.1) is 0 Å². The summed E-state index contributed by atoms with van der Waals surface area (Å²) >= 11 is 0. The third kappa shape index (κ3) is 1.31. The Kier molecular flexibility index (Phi) is 2.42. The van der Waals surface area contributed by atoms with Gasteiger partial charge in [-0.3, -0.25) is 9.69 Å². The average molecular weight is 195 g/mol. The Bertz CT molecular complexity index is 249. The Labute approximate surface area is 86.7 Å². The summed E-state index contributed by atoms with van der Waals surface area (Å²) in [4.78, 5) is 13.7. The number of ketones is 1. The molecular weight excluding hydrogens is 174 g/mol. The molecule has 2 fully saturated rings. The van der Waals surface area contributed by atoms with Gasteiger partial charge in [-0.1, -0.05) is 13.3 Å². The second-order valence-corrected chi connectivity index (χ2v) is 5.25. The minimum absolute atomic E-state index is 0.212. The fourth-order valence-corrected chi connectivity index (χ4v) is 3.54. The number of hydrogen-bond donors (Lipinski definition) is 0. The maximum Gasteiger partial charge on any atom is 0.146 e. The summed E-state index contributed by atoms with van der Waals surface area (Å²) in [6.07, 6.45) is 5.14. The molecule has 3 atom stereocenters. The smallest absolute Gasteiger partial charge is 0.146 e. The van der Waals surface area contributed by atoms with E-state index >= 15 is 0 Å². The van der Waals surface area contributed by atoms with Crippen LogP contribution in [0.15, 0.2) is 0 Å². The monoisotopic (exact) mass is 195 g/mol. The lowest BCUT2D eigenvalue weighted by atomic mass is 9.58. The van der Waals surface area contributed by atoms with Crippen molar-refractivity contribution in [2.24, 2.45) is 11.3 Å². The van der Waals surface area contributed by atoms with Crippen LogP contribution in [-0.2, 0) is 4.79 Å². The zero-order valence-electron chi connectivity index (χ0n) is 9.55. The molecule has 1 heterocycles. The van der Waals surface area contributed by atoms with Gasteiger partial charge in [0.2, 0.25) is 0 Å². The van der Waals surface area contributed by atoms with Gasteiger partial charge in [-0.05, 0) is 44.6 Å². The maximum absolute atomic E-state index is 11.4. The fourth-order valence-electron chi connectivity index (χ4n) is 3.54. The van der Waals surface area contributed by atoms with E-state index in [0.717, 1.165) is 18.9 Å². The Morgan fingerprint density at radius 2 is 2.29 bits per heavy atom. The first-order chi connectivity index (χ1) is 6.59. The minimum atomic E-state index is 0.212. The van der Waals surface area contributed by atoms with E-state index in [1.807, 2.05) is 0 Å². The van der Waals surface area contributed by atoms with Gasteiger partial charge < -0.3 is 0 Å². The number of likely N-dealkylation sites (N-methyl/N-ethyl adjacent to an activating group) is 1. The van der Waals surface area contributed by atoms with Crippen LogP contribution in [0.2, 0.25) is 0 Å². The number of rotatable bonds is 2. The van der Waals surface area contributed by atoms with Gasteiger partial charge in [-0.25, -0.2) is 0 Å². The first kappa shape index (κ1) is 10.2. The van der Waals surface area contributed by atoms with E-state index in [2.05, 4.69) is 18.9 Å². The van der Waals surface area contributed by atoms with Crippen LogP contribution < -0.4 is 0 Å². The molecule has 0 N–H and O–H groups in total. The van der Waals surface area contributed by atoms with Crippen molar-refractivity contribution >= 4 is 5.78 Å². The summed E-state index contributed by atoms with van der Waals surface area (Å²) < 4.78 is 0. The molecule has 1 spiro atoms. The van der Waals surface area contributed by atoms with Crippen molar-refractivity contribution in [2.75, 3.05) is 13.6 Å². The lowest BCUT2D eigenvalue weighted by Crippen LogP contribution is -2.41. The molecule has 0 aromatic carbocycles. The highest BCUT2D eigenvalue weighted by Crippen LogP contribution is 2.55. The quantitative estimate of drug-likeness (QED) is 0.672. The summed E-state index contributed by atoms with van der Waals surface area (Å²) in [5, 5.41) is 0. The number of hydrogen-bond acceptors (Lipinski definition) is 2. The molecular formula is C12H21NO. The Balaban J connectivity index is 2.09. The van der Waals surface area contributed by atoms with Crippen LogP contribution in [0.25, 0.3) is 0 Å². The summed E-state index contributed by atoms with van der Waals surface area (Å²) in [7, 11) is 2.10. The second-order valence-electron chi connectivity index (χ2n) is 5.25. The number of nitrogens with zero attached hydrogens (tertiary/aromatic N) is 1. The third-order valence-electron chi connectivity index (χ3n) is 4.52. The molecule has 2 heteroatoms. The minimum Gasteiger partial charge on any atom is -0.298 e. The molecule has 2 aliphatic rings. The van der Waals surface area contributed by atoms with E-state index in [1.54, 1.807) is 6.92 Å². The summed E-state index contributed by atoms with van der Waals surface area (Å²) in [6.45, 7) is 5.17. The van der Waals surface area contributed by atoms with Crippen LogP contribution in [0.1, 0.15) is 39.5 Å². The number of Topliss-reactive ketones (excluding diaryl/α,β-unsaturated/α-hetero) is 1. The largest absolute Gasteiger partial charge is 0.298 e. The molecule has 1 aliphatic heterocycles. The first-order valence-corrected chi connectivity index (χ1v) is 5.80. The van der Waals surface area contributed by atoms with E-state index in [1.165, 1.54) is 19.3 Å². The summed E-state index contributed by atoms with van der Waals surface area (Å²) in [6, 6.07) is 0.212. The van der Waals surface area contributed by atoms with Crippen molar-refractivity contribution < 1.29 is 4.79 Å². The van der Waals surface area contributed by atoms with E-state index in [4.69, 9.17) is 0 Å². The van der Waals surface area contributed by atoms with Crippen LogP contribution in [0.5, 0.6) is 0 Å². The van der Waals surface area contributed by atoms with E-state index in [9.17, 15) is 4.79 Å². The van der Waals surface area contributed by atoms with E-state index in [0.29, 0.717) is 11.2 Å². The standard InChI is InChI=1S/C12H21NO/c1-4-10-5-6-12(10)7-11(9(2)14)13(3)8-12/h10-11H,4-8H2,1-3H3. The third-order valence-corrected chi connectivity index (χ3v) is 4.52. The van der Waals surface area contributed by atoms with Crippen LogP contribution in [0, 0.1) is 11.3 Å². The molecule has 1 saturated carbocycles. The van der Waals surface area contributed by atoms with E-state index < -0.39 is 0 Å². The molecule has 2 rings (SSSR count). The summed E-state index contributed by atoms with van der Waals surface area (Å²) in [5.41, 5.74) is 0.514. The van der Waals surface area contributed by atoms with Crippen molar-refractivity contribution in [3.63, 3.8) is 0 Å². The van der Waals surface area contributed by atoms with Crippen molar-refractivity contribution in [1.29, 1.82) is 0 Å². The van der Waals surface area contributed by atoms with Crippen LogP contribution >= 0.6 is 0 Å². The molecule has 80 valence electrons. The van der Waals surface area contributed by atoms with Gasteiger partial charge in [0.15, 0.2) is 0 Å². The molecule has 1 aliphatic carbocycles. The molecule has 1 saturated heterocycles. The Morgan fingerprint density at radius 1 is 1.57 bits per heavy atom. The molecule has 0 radical (unpaired) electrons. The predicted octanol–water partition coefficient (Wildman–Crippen LogP) is 2.09. The van der Waals surface area contributed by atoms with Gasteiger partial charge in [-0.2, -0.15) is 0 Å². The molecule has 3 unspecified atom stereocenters. The van der Waals surface area contributed by atoms with Gasteiger partial charge in [0, 0.05) is 6.54 Å². The maximum atomic E-state index is 11.4. The normalized spacial score (nSPS) is 42.8. The number of likely N-dealkylation sites (tertiary alicyclic amines) is 1. The lowest BCUT2D eigenvalue weighted by molar-refractivity contribution is -0.120. The second kappa shape index (κ2) is 3.34. The SMILES string of the molecule is CCC1CCC12CC(C(C)=O)N(C)C2. The van der Waals surface area contributed by atoms with Crippen molar-refractivity contribution in [3.8, 4) is 0 Å². The van der Waals surface area contributed by atoms with Crippen molar-refractivity contribution in [1.82, 2.24) is 4.90 Å². The van der Waals surface area contributed by atoms with Gasteiger partial charge in [0.25, 0.3) is 0 Å². The summed E-state index contributed by atoms with van der Waals surface area (Å²) in [5.74, 6) is 1.24. The zero-order chi connectivity index (χ0) is 10.3. The van der Waals surface area contributed by atoms with Gasteiger partial charge in [0.05, 0.1) is 6.04 Å². The number of carbonyl (C=O) groups excluding carboxylic acids is 1. The Morgan fingerprint density at radius 3 is 2.64 bits per heavy atom. The number of carbonyl (C=O) groups is 1. The van der Waals surface area contributed by atoms with Gasteiger partial charge >= 0.3 is 0 Å². The van der Waals surface area contributed by atoms with Crippen LogP contribution in [0.4, 0.5) is 0 Å². The fraction of sp³-hybridized carbons (Fsp3) is 0.917. The Hall–Kier alpha value is -0.370. The molecule has 0 bridgehead atoms. The van der Waals surface area contributed by atoms with Gasteiger partial charge in [0.1, 0.15) is 5.78 Å². The highest BCUT2D eigenvalue weighted by atomic mass is 16.1. The zero-order valence-corrected chi connectivity index (χ0v) is 9.55. The van der Waals surface area contributed by atoms with Crippen molar-refractivity contribution in [3.05, 3.63) is 0 Å². The van der Waals surface area contributed by atoms with Crippen molar-refractivity contribution in [2.45, 2.75) is 45.6 Å². The first-order valence-electron chi connectivity index (χ1n) is 5.80. The van der Waals surface area contributed by atoms with E-state index in [-0.39, 0.29) is 6.04 Å². The highest BCUT2D eigenvalue weighted by Gasteiger charge is 2.52. The van der Waals surface area contributed by atoms with Crippen LogP contribution in [0.3, 0.4) is 0 Å².